The van der Waals surface area contributed by atoms with Gasteiger partial charge in [-0.2, -0.15) is 0 Å². The molecule has 16 heavy (non-hydrogen) atoms. The second kappa shape index (κ2) is 7.29. The number of hydrogen-bond acceptors (Lipinski definition) is 2. The van der Waals surface area contributed by atoms with E-state index in [1.54, 1.807) is 0 Å². The molecule has 0 aromatic rings. The van der Waals surface area contributed by atoms with Gasteiger partial charge in [0, 0.05) is 18.1 Å². The highest BCUT2D eigenvalue weighted by atomic mass is 15.2. The maximum absolute atomic E-state index is 6.02. The molecule has 0 radical (unpaired) electrons. The molecule has 0 aromatic heterocycles. The largest absolute Gasteiger partial charge is 0.329 e. The van der Waals surface area contributed by atoms with Gasteiger partial charge in [-0.05, 0) is 52.5 Å². The lowest BCUT2D eigenvalue weighted by Crippen LogP contribution is -2.54. The van der Waals surface area contributed by atoms with Crippen molar-refractivity contribution in [2.75, 3.05) is 13.1 Å². The first-order valence-electron chi connectivity index (χ1n) is 6.84. The molecule has 98 valence electrons. The number of rotatable bonds is 8. The lowest BCUT2D eigenvalue weighted by Gasteiger charge is -2.44. The summed E-state index contributed by atoms with van der Waals surface area (Å²) < 4.78 is 0. The topological polar surface area (TPSA) is 29.3 Å². The second-order valence-corrected chi connectivity index (χ2v) is 5.92. The molecule has 0 rings (SSSR count). The van der Waals surface area contributed by atoms with E-state index < -0.39 is 0 Å². The Bertz CT molecular complexity index is 178. The highest BCUT2D eigenvalue weighted by molar-refractivity contribution is 4.89. The third kappa shape index (κ3) is 4.84. The van der Waals surface area contributed by atoms with E-state index in [-0.39, 0.29) is 5.54 Å². The van der Waals surface area contributed by atoms with E-state index in [1.165, 1.54) is 19.3 Å². The van der Waals surface area contributed by atoms with E-state index in [4.69, 9.17) is 5.73 Å². The molecule has 0 aromatic carbocycles. The Morgan fingerprint density at radius 3 is 2.06 bits per heavy atom. The van der Waals surface area contributed by atoms with Gasteiger partial charge >= 0.3 is 0 Å². The SMILES string of the molecule is CCCN(C(C)C)C(C)(CN)CCC(C)C. The molecule has 0 spiro atoms. The van der Waals surface area contributed by atoms with Crippen molar-refractivity contribution < 1.29 is 0 Å². The minimum Gasteiger partial charge on any atom is -0.329 e. The predicted octanol–water partition coefficient (Wildman–Crippen LogP) is 3.26. The summed E-state index contributed by atoms with van der Waals surface area (Å²) >= 11 is 0. The summed E-state index contributed by atoms with van der Waals surface area (Å²) in [5, 5.41) is 0. The number of nitrogens with two attached hydrogens (primary N) is 1. The monoisotopic (exact) mass is 228 g/mol. The summed E-state index contributed by atoms with van der Waals surface area (Å²) in [6.07, 6.45) is 3.68. The number of nitrogens with zero attached hydrogens (tertiary/aromatic N) is 1. The molecule has 0 fully saturated rings. The van der Waals surface area contributed by atoms with Crippen molar-refractivity contribution in [1.82, 2.24) is 4.90 Å². The van der Waals surface area contributed by atoms with Gasteiger partial charge in [0.25, 0.3) is 0 Å². The molecule has 0 aliphatic rings. The summed E-state index contributed by atoms with van der Waals surface area (Å²) in [5.41, 5.74) is 6.20. The van der Waals surface area contributed by atoms with Gasteiger partial charge in [0.15, 0.2) is 0 Å². The predicted molar refractivity (Wildman–Crippen MR) is 73.7 cm³/mol. The minimum absolute atomic E-state index is 0.175. The summed E-state index contributed by atoms with van der Waals surface area (Å²) in [4.78, 5) is 2.58. The molecule has 0 aliphatic carbocycles. The fraction of sp³-hybridized carbons (Fsp3) is 1.00. The van der Waals surface area contributed by atoms with Crippen LogP contribution in [-0.2, 0) is 0 Å². The third-order valence-electron chi connectivity index (χ3n) is 3.48. The zero-order chi connectivity index (χ0) is 12.8. The average molecular weight is 228 g/mol. The first-order valence-corrected chi connectivity index (χ1v) is 6.84. The number of hydrogen-bond donors (Lipinski definition) is 1. The van der Waals surface area contributed by atoms with Gasteiger partial charge in [-0.3, -0.25) is 4.90 Å². The zero-order valence-corrected chi connectivity index (χ0v) is 12.2. The lowest BCUT2D eigenvalue weighted by atomic mass is 9.89. The van der Waals surface area contributed by atoms with Crippen molar-refractivity contribution in [3.05, 3.63) is 0 Å². The van der Waals surface area contributed by atoms with Crippen molar-refractivity contribution in [3.8, 4) is 0 Å². The fourth-order valence-corrected chi connectivity index (χ4v) is 2.35. The van der Waals surface area contributed by atoms with Gasteiger partial charge in [0.05, 0.1) is 0 Å². The maximum Gasteiger partial charge on any atom is 0.0306 e. The van der Waals surface area contributed by atoms with Gasteiger partial charge < -0.3 is 5.73 Å². The molecule has 0 amide bonds. The van der Waals surface area contributed by atoms with Crippen LogP contribution in [0.5, 0.6) is 0 Å². The van der Waals surface area contributed by atoms with E-state index in [0.717, 1.165) is 19.0 Å². The van der Waals surface area contributed by atoms with E-state index in [9.17, 15) is 0 Å². The third-order valence-corrected chi connectivity index (χ3v) is 3.48. The van der Waals surface area contributed by atoms with Crippen LogP contribution in [-0.4, -0.2) is 29.6 Å². The van der Waals surface area contributed by atoms with Crippen molar-refractivity contribution in [3.63, 3.8) is 0 Å². The standard InChI is InChI=1S/C14H32N2/c1-7-10-16(13(4)5)14(6,11-15)9-8-12(2)3/h12-13H,7-11,15H2,1-6H3. The Balaban J connectivity index is 4.59. The first kappa shape index (κ1) is 15.9. The van der Waals surface area contributed by atoms with Gasteiger partial charge in [0.2, 0.25) is 0 Å². The molecule has 0 aliphatic heterocycles. The quantitative estimate of drug-likeness (QED) is 0.691. The molecular weight excluding hydrogens is 196 g/mol. The van der Waals surface area contributed by atoms with Crippen molar-refractivity contribution >= 4 is 0 Å². The van der Waals surface area contributed by atoms with E-state index in [0.29, 0.717) is 6.04 Å². The molecule has 1 atom stereocenters. The molecule has 2 heteroatoms. The summed E-state index contributed by atoms with van der Waals surface area (Å²) in [5.74, 6) is 0.765. The Hall–Kier alpha value is -0.0800. The molecular formula is C14H32N2. The van der Waals surface area contributed by atoms with Crippen LogP contribution in [0, 0.1) is 5.92 Å². The molecule has 2 N–H and O–H groups in total. The van der Waals surface area contributed by atoms with Gasteiger partial charge in [-0.1, -0.05) is 20.8 Å². The zero-order valence-electron chi connectivity index (χ0n) is 12.2. The van der Waals surface area contributed by atoms with Crippen LogP contribution >= 0.6 is 0 Å². The smallest absolute Gasteiger partial charge is 0.0306 e. The van der Waals surface area contributed by atoms with Crippen LogP contribution in [0.3, 0.4) is 0 Å². The average Bonchev–Trinajstić information content (AvgIpc) is 2.22. The van der Waals surface area contributed by atoms with Gasteiger partial charge in [0.1, 0.15) is 0 Å². The maximum atomic E-state index is 6.02. The molecule has 0 saturated heterocycles. The normalized spacial score (nSPS) is 16.1. The van der Waals surface area contributed by atoms with Crippen LogP contribution in [0.25, 0.3) is 0 Å². The van der Waals surface area contributed by atoms with E-state index in [2.05, 4.69) is 46.4 Å². The molecule has 0 bridgehead atoms. The Morgan fingerprint density at radius 1 is 1.19 bits per heavy atom. The van der Waals surface area contributed by atoms with Crippen LogP contribution in [0.4, 0.5) is 0 Å². The molecule has 2 nitrogen and oxygen atoms in total. The highest BCUT2D eigenvalue weighted by Crippen LogP contribution is 2.25. The van der Waals surface area contributed by atoms with Crippen molar-refractivity contribution in [1.29, 1.82) is 0 Å². The van der Waals surface area contributed by atoms with Crippen molar-refractivity contribution in [2.24, 2.45) is 11.7 Å². The lowest BCUT2D eigenvalue weighted by molar-refractivity contribution is 0.0638. The Kier molecular flexibility index (Phi) is 7.25. The minimum atomic E-state index is 0.175. The van der Waals surface area contributed by atoms with Gasteiger partial charge in [-0.15, -0.1) is 0 Å². The van der Waals surface area contributed by atoms with Crippen molar-refractivity contribution in [2.45, 2.75) is 72.4 Å². The van der Waals surface area contributed by atoms with Crippen LogP contribution in [0.15, 0.2) is 0 Å². The summed E-state index contributed by atoms with van der Waals surface area (Å²) in [6, 6.07) is 0.584. The van der Waals surface area contributed by atoms with E-state index in [1.807, 2.05) is 0 Å². The van der Waals surface area contributed by atoms with Gasteiger partial charge in [-0.25, -0.2) is 0 Å². The molecule has 0 saturated carbocycles. The molecule has 0 heterocycles. The first-order chi connectivity index (χ1) is 7.37. The highest BCUT2D eigenvalue weighted by Gasteiger charge is 2.31. The van der Waals surface area contributed by atoms with E-state index >= 15 is 0 Å². The van der Waals surface area contributed by atoms with Crippen LogP contribution in [0.2, 0.25) is 0 Å². The van der Waals surface area contributed by atoms with Crippen LogP contribution in [0.1, 0.15) is 60.8 Å². The fourth-order valence-electron chi connectivity index (χ4n) is 2.35. The Labute approximate surface area is 103 Å². The Morgan fingerprint density at radius 2 is 1.75 bits per heavy atom. The summed E-state index contributed by atoms with van der Waals surface area (Å²) in [7, 11) is 0. The summed E-state index contributed by atoms with van der Waals surface area (Å²) in [6.45, 7) is 15.6. The van der Waals surface area contributed by atoms with Crippen LogP contribution < -0.4 is 5.73 Å². The molecule has 1 unspecified atom stereocenters. The second-order valence-electron chi connectivity index (χ2n) is 5.92.